The number of nitrogens with zero attached hydrogens (tertiary/aromatic N) is 1. The smallest absolute Gasteiger partial charge is 0.215 e. The Morgan fingerprint density at radius 2 is 1.67 bits per heavy atom. The van der Waals surface area contributed by atoms with Crippen molar-refractivity contribution in [2.24, 2.45) is 17.8 Å². The first-order valence-electron chi connectivity index (χ1n) is 7.02. The fraction of sp³-hybridized carbons (Fsp3) is 0.667. The minimum absolute atomic E-state index is 0.0758. The second-order valence-corrected chi connectivity index (χ2v) is 6.89. The average molecular weight is 264 g/mol. The molecular formula is C15H18ClNO. The van der Waals surface area contributed by atoms with Crippen LogP contribution < -0.4 is 4.74 Å². The van der Waals surface area contributed by atoms with Crippen LogP contribution in [0.4, 0.5) is 0 Å². The molecule has 1 aromatic heterocycles. The third-order valence-corrected chi connectivity index (χ3v) is 5.20. The first-order chi connectivity index (χ1) is 8.71. The van der Waals surface area contributed by atoms with Crippen LogP contribution in [0.15, 0.2) is 18.2 Å². The van der Waals surface area contributed by atoms with Gasteiger partial charge in [0, 0.05) is 6.07 Å². The molecule has 18 heavy (non-hydrogen) atoms. The molecule has 2 nitrogen and oxygen atoms in total. The summed E-state index contributed by atoms with van der Waals surface area (Å²) in [6.45, 7) is 0. The number of ether oxygens (including phenoxy) is 1. The Hall–Kier alpha value is -0.760. The fourth-order valence-corrected chi connectivity index (χ4v) is 4.98. The summed E-state index contributed by atoms with van der Waals surface area (Å²) in [7, 11) is 0. The maximum absolute atomic E-state index is 6.30. The first-order valence-corrected chi connectivity index (χ1v) is 7.40. The molecule has 1 aromatic rings. The Morgan fingerprint density at radius 1 is 1.06 bits per heavy atom. The summed E-state index contributed by atoms with van der Waals surface area (Å²) in [5, 5.41) is 0.525. The molecule has 0 radical (unpaired) electrons. The van der Waals surface area contributed by atoms with E-state index in [2.05, 4.69) is 4.98 Å². The van der Waals surface area contributed by atoms with Crippen molar-refractivity contribution >= 4 is 11.6 Å². The summed E-state index contributed by atoms with van der Waals surface area (Å²) in [6.07, 6.45) is 8.00. The van der Waals surface area contributed by atoms with E-state index in [1.807, 2.05) is 12.1 Å². The molecule has 0 aliphatic heterocycles. The van der Waals surface area contributed by atoms with Gasteiger partial charge in [-0.1, -0.05) is 17.7 Å². The lowest BCUT2D eigenvalue weighted by Gasteiger charge is -2.55. The zero-order valence-electron chi connectivity index (χ0n) is 10.4. The molecule has 96 valence electrons. The molecule has 0 N–H and O–H groups in total. The molecule has 0 amide bonds. The van der Waals surface area contributed by atoms with Crippen molar-refractivity contribution in [3.63, 3.8) is 0 Å². The van der Waals surface area contributed by atoms with Gasteiger partial charge in [0.05, 0.1) is 0 Å². The first kappa shape index (κ1) is 11.1. The van der Waals surface area contributed by atoms with Gasteiger partial charge in [0.1, 0.15) is 10.8 Å². The number of rotatable bonds is 2. The zero-order valence-corrected chi connectivity index (χ0v) is 11.2. The monoisotopic (exact) mass is 263 g/mol. The molecule has 5 rings (SSSR count). The Morgan fingerprint density at radius 3 is 2.22 bits per heavy atom. The van der Waals surface area contributed by atoms with Crippen LogP contribution in [0.3, 0.4) is 0 Å². The maximum atomic E-state index is 6.30. The predicted molar refractivity (Wildman–Crippen MR) is 70.8 cm³/mol. The van der Waals surface area contributed by atoms with Gasteiger partial charge in [-0.15, -0.1) is 0 Å². The van der Waals surface area contributed by atoms with Crippen LogP contribution in [-0.4, -0.2) is 10.6 Å². The average Bonchev–Trinajstić information content (AvgIpc) is 2.25. The lowest BCUT2D eigenvalue weighted by atomic mass is 9.54. The van der Waals surface area contributed by atoms with Gasteiger partial charge in [0.15, 0.2) is 0 Å². The van der Waals surface area contributed by atoms with Crippen molar-refractivity contribution in [2.75, 3.05) is 0 Å². The van der Waals surface area contributed by atoms with Crippen molar-refractivity contribution in [3.05, 3.63) is 23.4 Å². The second kappa shape index (κ2) is 3.86. The Bertz CT molecular complexity index is 438. The molecule has 0 saturated heterocycles. The topological polar surface area (TPSA) is 22.1 Å². The molecule has 4 bridgehead atoms. The highest BCUT2D eigenvalue weighted by molar-refractivity contribution is 6.29. The number of pyridine rings is 1. The van der Waals surface area contributed by atoms with Crippen LogP contribution >= 0.6 is 11.6 Å². The van der Waals surface area contributed by atoms with E-state index >= 15 is 0 Å². The van der Waals surface area contributed by atoms with Gasteiger partial charge in [-0.2, -0.15) is 0 Å². The normalized spacial score (nSPS) is 41.1. The molecule has 0 atom stereocenters. The van der Waals surface area contributed by atoms with Crippen LogP contribution in [-0.2, 0) is 0 Å². The van der Waals surface area contributed by atoms with Crippen LogP contribution in [0.2, 0.25) is 5.15 Å². The van der Waals surface area contributed by atoms with Gasteiger partial charge in [-0.3, -0.25) is 0 Å². The third-order valence-electron chi connectivity index (χ3n) is 4.99. The van der Waals surface area contributed by atoms with Crippen molar-refractivity contribution in [3.8, 4) is 5.88 Å². The number of hydrogen-bond acceptors (Lipinski definition) is 2. The van der Waals surface area contributed by atoms with Gasteiger partial charge in [0.2, 0.25) is 5.88 Å². The molecule has 4 aliphatic carbocycles. The van der Waals surface area contributed by atoms with Crippen molar-refractivity contribution in [1.29, 1.82) is 0 Å². The maximum Gasteiger partial charge on any atom is 0.215 e. The highest BCUT2D eigenvalue weighted by atomic mass is 35.5. The van der Waals surface area contributed by atoms with Gasteiger partial charge >= 0.3 is 0 Å². The summed E-state index contributed by atoms with van der Waals surface area (Å²) in [5.74, 6) is 3.41. The van der Waals surface area contributed by atoms with Gasteiger partial charge in [-0.05, 0) is 62.3 Å². The summed E-state index contributed by atoms with van der Waals surface area (Å²) >= 11 is 5.94. The van der Waals surface area contributed by atoms with Crippen molar-refractivity contribution in [1.82, 2.24) is 4.98 Å². The number of hydrogen-bond donors (Lipinski definition) is 0. The zero-order chi connectivity index (χ0) is 12.2. The summed E-state index contributed by atoms with van der Waals surface area (Å²) in [5.41, 5.74) is 0.0758. The highest BCUT2D eigenvalue weighted by Crippen LogP contribution is 2.56. The quantitative estimate of drug-likeness (QED) is 0.750. The van der Waals surface area contributed by atoms with Gasteiger partial charge in [-0.25, -0.2) is 4.98 Å². The van der Waals surface area contributed by atoms with E-state index in [-0.39, 0.29) is 5.60 Å². The van der Waals surface area contributed by atoms with Crippen LogP contribution in [0.1, 0.15) is 38.5 Å². The summed E-state index contributed by atoms with van der Waals surface area (Å²) in [4.78, 5) is 4.29. The van der Waals surface area contributed by atoms with Crippen LogP contribution in [0, 0.1) is 17.8 Å². The molecule has 0 spiro atoms. The molecule has 4 fully saturated rings. The fourth-order valence-electron chi connectivity index (χ4n) is 4.82. The molecule has 1 heterocycles. The third kappa shape index (κ3) is 1.82. The highest BCUT2D eigenvalue weighted by Gasteiger charge is 2.52. The number of aromatic nitrogens is 1. The van der Waals surface area contributed by atoms with Crippen molar-refractivity contribution < 1.29 is 4.74 Å². The van der Waals surface area contributed by atoms with Gasteiger partial charge < -0.3 is 4.74 Å². The minimum atomic E-state index is 0.0758. The second-order valence-electron chi connectivity index (χ2n) is 6.50. The lowest BCUT2D eigenvalue weighted by Crippen LogP contribution is -2.53. The van der Waals surface area contributed by atoms with E-state index in [9.17, 15) is 0 Å². The largest absolute Gasteiger partial charge is 0.471 e. The van der Waals surface area contributed by atoms with Crippen molar-refractivity contribution in [2.45, 2.75) is 44.1 Å². The molecule has 0 aromatic carbocycles. The van der Waals surface area contributed by atoms with Gasteiger partial charge in [0.25, 0.3) is 0 Å². The molecule has 4 saturated carbocycles. The van der Waals surface area contributed by atoms with E-state index in [0.717, 1.165) is 17.8 Å². The summed E-state index contributed by atoms with van der Waals surface area (Å²) in [6, 6.07) is 5.66. The molecule has 4 aliphatic rings. The Kier molecular flexibility index (Phi) is 2.38. The Balaban J connectivity index is 1.60. The van der Waals surface area contributed by atoms with E-state index in [0.29, 0.717) is 11.0 Å². The minimum Gasteiger partial charge on any atom is -0.471 e. The van der Waals surface area contributed by atoms with E-state index in [4.69, 9.17) is 16.3 Å². The molecular weight excluding hydrogens is 246 g/mol. The number of halogens is 1. The van der Waals surface area contributed by atoms with Crippen LogP contribution in [0.25, 0.3) is 0 Å². The van der Waals surface area contributed by atoms with E-state index in [1.54, 1.807) is 6.07 Å². The van der Waals surface area contributed by atoms with E-state index in [1.165, 1.54) is 38.5 Å². The Labute approximate surface area is 113 Å². The summed E-state index contributed by atoms with van der Waals surface area (Å²) < 4.78 is 6.30. The standard InChI is InChI=1S/C15H18ClNO/c16-13-2-1-3-14(17-13)18-15-7-10-4-11(8-15)6-12(5-10)9-15/h1-3,10-12H,4-9H2. The SMILES string of the molecule is Clc1cccc(OC23CC4CC(CC(C4)C2)C3)n1. The molecule has 0 unspecified atom stereocenters. The van der Waals surface area contributed by atoms with Crippen LogP contribution in [0.5, 0.6) is 5.88 Å². The lowest BCUT2D eigenvalue weighted by molar-refractivity contribution is -0.109. The van der Waals surface area contributed by atoms with E-state index < -0.39 is 0 Å². The predicted octanol–water partition coefficient (Wildman–Crippen LogP) is 4.08. The molecule has 3 heteroatoms.